The van der Waals surface area contributed by atoms with Gasteiger partial charge >= 0.3 is 0 Å². The highest BCUT2D eigenvalue weighted by Crippen LogP contribution is 2.34. The third-order valence-electron chi connectivity index (χ3n) is 4.03. The molecule has 0 aliphatic rings. The first-order valence-electron chi connectivity index (χ1n) is 6.87. The van der Waals surface area contributed by atoms with Gasteiger partial charge in [-0.1, -0.05) is 52.3 Å². The van der Waals surface area contributed by atoms with Crippen LogP contribution in [-0.4, -0.2) is 17.8 Å². The zero-order valence-corrected chi connectivity index (χ0v) is 13.5. The first-order chi connectivity index (χ1) is 9.99. The summed E-state index contributed by atoms with van der Waals surface area (Å²) in [6.07, 6.45) is -0.0895. The number of halogens is 2. The molecule has 21 heavy (non-hydrogen) atoms. The Morgan fingerprint density at radius 1 is 1.24 bits per heavy atom. The van der Waals surface area contributed by atoms with E-state index in [1.807, 2.05) is 30.3 Å². The van der Waals surface area contributed by atoms with Crippen molar-refractivity contribution in [2.75, 3.05) is 6.54 Å². The summed E-state index contributed by atoms with van der Waals surface area (Å²) in [5.41, 5.74) is 7.33. The van der Waals surface area contributed by atoms with E-state index in [1.54, 1.807) is 13.0 Å². The summed E-state index contributed by atoms with van der Waals surface area (Å²) in [5, 5.41) is 10.4. The normalized spacial score (nSPS) is 15.5. The van der Waals surface area contributed by atoms with Crippen LogP contribution in [0.5, 0.6) is 0 Å². The van der Waals surface area contributed by atoms with Crippen molar-refractivity contribution in [1.29, 1.82) is 0 Å². The molecule has 0 heterocycles. The third-order valence-corrected chi connectivity index (χ3v) is 4.77. The Morgan fingerprint density at radius 3 is 2.43 bits per heavy atom. The largest absolute Gasteiger partial charge is 0.392 e. The van der Waals surface area contributed by atoms with Crippen LogP contribution in [0.25, 0.3) is 0 Å². The molecule has 2 unspecified atom stereocenters. The number of aliphatic hydroxyl groups excluding tert-OH is 1. The monoisotopic (exact) mass is 351 g/mol. The average molecular weight is 352 g/mol. The van der Waals surface area contributed by atoms with E-state index in [9.17, 15) is 9.50 Å². The summed E-state index contributed by atoms with van der Waals surface area (Å²) < 4.78 is 13.9. The molecule has 2 aromatic carbocycles. The van der Waals surface area contributed by atoms with E-state index in [2.05, 4.69) is 15.9 Å². The van der Waals surface area contributed by atoms with Crippen molar-refractivity contribution in [1.82, 2.24) is 0 Å². The fraction of sp³-hybridized carbons (Fsp3) is 0.294. The number of hydrogen-bond acceptors (Lipinski definition) is 2. The molecular formula is C17H19BrFNO. The quantitative estimate of drug-likeness (QED) is 0.866. The van der Waals surface area contributed by atoms with E-state index < -0.39 is 11.5 Å². The van der Waals surface area contributed by atoms with Gasteiger partial charge in [0.1, 0.15) is 5.82 Å². The van der Waals surface area contributed by atoms with Gasteiger partial charge in [-0.05, 0) is 36.6 Å². The van der Waals surface area contributed by atoms with Crippen molar-refractivity contribution in [3.05, 3.63) is 69.9 Å². The van der Waals surface area contributed by atoms with E-state index in [0.29, 0.717) is 17.4 Å². The highest BCUT2D eigenvalue weighted by Gasteiger charge is 2.36. The van der Waals surface area contributed by atoms with E-state index in [-0.39, 0.29) is 5.82 Å². The number of rotatable bonds is 5. The zero-order chi connectivity index (χ0) is 15.5. The Labute approximate surface area is 132 Å². The van der Waals surface area contributed by atoms with Crippen molar-refractivity contribution >= 4 is 15.9 Å². The van der Waals surface area contributed by atoms with Gasteiger partial charge in [-0.3, -0.25) is 0 Å². The summed E-state index contributed by atoms with van der Waals surface area (Å²) in [4.78, 5) is 0. The second kappa shape index (κ2) is 6.69. The first kappa shape index (κ1) is 16.1. The van der Waals surface area contributed by atoms with Crippen LogP contribution in [0.4, 0.5) is 4.39 Å². The summed E-state index contributed by atoms with van der Waals surface area (Å²) in [6, 6.07) is 14.3. The molecule has 0 aliphatic carbocycles. The standard InChI is InChI=1S/C17H19BrFNO/c1-12(21)17(11-20,14-5-3-2-4-6-14)10-13-7-8-15(19)9-16(13)18/h2-9,12,21H,10-11,20H2,1H3. The number of aliphatic hydroxyl groups is 1. The van der Waals surface area contributed by atoms with Crippen molar-refractivity contribution in [3.63, 3.8) is 0 Å². The maximum Gasteiger partial charge on any atom is 0.124 e. The Kier molecular flexibility index (Phi) is 5.14. The molecule has 2 atom stereocenters. The minimum Gasteiger partial charge on any atom is -0.392 e. The molecule has 0 saturated heterocycles. The summed E-state index contributed by atoms with van der Waals surface area (Å²) in [6.45, 7) is 2.05. The Bertz CT molecular complexity index is 603. The van der Waals surface area contributed by atoms with Gasteiger partial charge in [-0.15, -0.1) is 0 Å². The molecule has 4 heteroatoms. The zero-order valence-electron chi connectivity index (χ0n) is 11.9. The number of nitrogens with two attached hydrogens (primary N) is 1. The van der Waals surface area contributed by atoms with Gasteiger partial charge in [-0.2, -0.15) is 0 Å². The van der Waals surface area contributed by atoms with Gasteiger partial charge in [0, 0.05) is 16.4 Å². The van der Waals surface area contributed by atoms with Gasteiger partial charge in [-0.25, -0.2) is 4.39 Å². The molecule has 0 spiro atoms. The first-order valence-corrected chi connectivity index (χ1v) is 7.66. The van der Waals surface area contributed by atoms with Crippen LogP contribution in [0.3, 0.4) is 0 Å². The predicted octanol–water partition coefficient (Wildman–Crippen LogP) is 3.41. The minimum atomic E-state index is -0.623. The van der Waals surface area contributed by atoms with Crippen LogP contribution >= 0.6 is 15.9 Å². The van der Waals surface area contributed by atoms with Crippen LogP contribution in [0.1, 0.15) is 18.1 Å². The van der Waals surface area contributed by atoms with Gasteiger partial charge in [0.15, 0.2) is 0 Å². The lowest BCUT2D eigenvalue weighted by Gasteiger charge is -2.36. The minimum absolute atomic E-state index is 0.291. The summed E-state index contributed by atoms with van der Waals surface area (Å²) in [5.74, 6) is -0.291. The second-order valence-corrected chi connectivity index (χ2v) is 6.17. The summed E-state index contributed by atoms with van der Waals surface area (Å²) in [7, 11) is 0. The Morgan fingerprint density at radius 2 is 1.90 bits per heavy atom. The van der Waals surface area contributed by atoms with Gasteiger partial charge in [0.2, 0.25) is 0 Å². The molecule has 112 valence electrons. The molecule has 3 N–H and O–H groups in total. The van der Waals surface area contributed by atoms with E-state index in [4.69, 9.17) is 5.73 Å². The van der Waals surface area contributed by atoms with Crippen molar-refractivity contribution in [3.8, 4) is 0 Å². The van der Waals surface area contributed by atoms with Gasteiger partial charge in [0.05, 0.1) is 6.10 Å². The van der Waals surface area contributed by atoms with E-state index in [0.717, 1.165) is 11.1 Å². The van der Waals surface area contributed by atoms with Crippen LogP contribution < -0.4 is 5.73 Å². The number of benzene rings is 2. The van der Waals surface area contributed by atoms with E-state index in [1.165, 1.54) is 12.1 Å². The third kappa shape index (κ3) is 3.34. The lowest BCUT2D eigenvalue weighted by atomic mass is 9.72. The predicted molar refractivity (Wildman–Crippen MR) is 86.7 cm³/mol. The van der Waals surface area contributed by atoms with Crippen molar-refractivity contribution in [2.45, 2.75) is 24.9 Å². The smallest absolute Gasteiger partial charge is 0.124 e. The van der Waals surface area contributed by atoms with Crippen LogP contribution in [0.2, 0.25) is 0 Å². The maximum absolute atomic E-state index is 13.2. The molecular weight excluding hydrogens is 333 g/mol. The molecule has 0 radical (unpaired) electrons. The SMILES string of the molecule is CC(O)C(CN)(Cc1ccc(F)cc1Br)c1ccccc1. The maximum atomic E-state index is 13.2. The fourth-order valence-corrected chi connectivity index (χ4v) is 3.12. The molecule has 0 bridgehead atoms. The topological polar surface area (TPSA) is 46.2 Å². The highest BCUT2D eigenvalue weighted by molar-refractivity contribution is 9.10. The lowest BCUT2D eigenvalue weighted by Crippen LogP contribution is -2.46. The second-order valence-electron chi connectivity index (χ2n) is 5.31. The molecule has 2 nitrogen and oxygen atoms in total. The molecule has 0 fully saturated rings. The molecule has 2 rings (SSSR count). The van der Waals surface area contributed by atoms with Crippen LogP contribution in [0, 0.1) is 5.82 Å². The highest BCUT2D eigenvalue weighted by atomic mass is 79.9. The molecule has 2 aromatic rings. The van der Waals surface area contributed by atoms with Crippen molar-refractivity contribution < 1.29 is 9.50 Å². The Hall–Kier alpha value is -1.23. The molecule has 0 saturated carbocycles. The Balaban J connectivity index is 2.46. The van der Waals surface area contributed by atoms with Crippen LogP contribution in [-0.2, 0) is 11.8 Å². The van der Waals surface area contributed by atoms with Crippen LogP contribution in [0.15, 0.2) is 53.0 Å². The van der Waals surface area contributed by atoms with Gasteiger partial charge < -0.3 is 10.8 Å². The molecule has 0 aliphatic heterocycles. The molecule has 0 aromatic heterocycles. The number of hydrogen-bond donors (Lipinski definition) is 2. The summed E-state index contributed by atoms with van der Waals surface area (Å²) >= 11 is 3.39. The van der Waals surface area contributed by atoms with Crippen molar-refractivity contribution in [2.24, 2.45) is 5.73 Å². The molecule has 0 amide bonds. The average Bonchev–Trinajstić information content (AvgIpc) is 2.47. The van der Waals surface area contributed by atoms with Gasteiger partial charge in [0.25, 0.3) is 0 Å². The van der Waals surface area contributed by atoms with E-state index >= 15 is 0 Å². The fourth-order valence-electron chi connectivity index (χ4n) is 2.63. The lowest BCUT2D eigenvalue weighted by molar-refractivity contribution is 0.1000.